The van der Waals surface area contributed by atoms with Crippen LogP contribution in [0.1, 0.15) is 17.5 Å². The molecule has 0 saturated carbocycles. The highest BCUT2D eigenvalue weighted by Gasteiger charge is 2.15. The number of anilines is 2. The summed E-state index contributed by atoms with van der Waals surface area (Å²) in [5, 5.41) is 3.43. The Morgan fingerprint density at radius 3 is 2.88 bits per heavy atom. The van der Waals surface area contributed by atoms with Gasteiger partial charge in [-0.15, -0.1) is 0 Å². The van der Waals surface area contributed by atoms with Gasteiger partial charge < -0.3 is 9.91 Å². The van der Waals surface area contributed by atoms with Gasteiger partial charge in [0.25, 0.3) is 0 Å². The largest absolute Gasteiger partial charge is 0.374 e. The molecule has 1 aromatic heterocycles. The predicted molar refractivity (Wildman–Crippen MR) is 108 cm³/mol. The van der Waals surface area contributed by atoms with Crippen LogP contribution >= 0.6 is 0 Å². The van der Waals surface area contributed by atoms with Gasteiger partial charge in [0.2, 0.25) is 5.52 Å². The van der Waals surface area contributed by atoms with Gasteiger partial charge in [-0.05, 0) is 48.2 Å². The molecule has 4 heteroatoms. The molecule has 3 aromatic rings. The summed E-state index contributed by atoms with van der Waals surface area (Å²) in [5.41, 5.74) is 10.1. The Labute approximate surface area is 155 Å². The van der Waals surface area contributed by atoms with E-state index >= 15 is 0 Å². The first-order chi connectivity index (χ1) is 12.6. The summed E-state index contributed by atoms with van der Waals surface area (Å²) in [7, 11) is 6.37. The quantitative estimate of drug-likeness (QED) is 0.579. The van der Waals surface area contributed by atoms with Gasteiger partial charge in [0.05, 0.1) is 11.1 Å². The van der Waals surface area contributed by atoms with Gasteiger partial charge in [0, 0.05) is 45.0 Å². The lowest BCUT2D eigenvalue weighted by molar-refractivity contribution is -0.644. The molecule has 134 valence electrons. The fourth-order valence-corrected chi connectivity index (χ4v) is 3.85. The summed E-state index contributed by atoms with van der Waals surface area (Å²) in [4.78, 5) is 2.35. The highest BCUT2D eigenvalue weighted by Crippen LogP contribution is 2.29. The Hall–Kier alpha value is -2.59. The van der Waals surface area contributed by atoms with Gasteiger partial charge in [-0.3, -0.25) is 0 Å². The summed E-state index contributed by atoms with van der Waals surface area (Å²) in [6.07, 6.45) is 4.53. The summed E-state index contributed by atoms with van der Waals surface area (Å²) in [6, 6.07) is 17.5. The number of nitrogens with zero attached hydrogens (tertiary/aromatic N) is 3. The molecule has 0 spiro atoms. The van der Waals surface area contributed by atoms with Crippen LogP contribution in [-0.4, -0.2) is 20.6 Å². The molecule has 26 heavy (non-hydrogen) atoms. The molecule has 2 heterocycles. The molecule has 1 N–H and O–H groups in total. The number of benzene rings is 2. The van der Waals surface area contributed by atoms with Gasteiger partial charge in [-0.25, -0.2) is 9.99 Å². The van der Waals surface area contributed by atoms with Crippen LogP contribution in [0.25, 0.3) is 10.9 Å². The average Bonchev–Trinajstić information content (AvgIpc) is 2.67. The Morgan fingerprint density at radius 1 is 1.15 bits per heavy atom. The molecule has 4 rings (SSSR count). The number of pyridine rings is 1. The van der Waals surface area contributed by atoms with E-state index in [-0.39, 0.29) is 0 Å². The van der Waals surface area contributed by atoms with Crippen LogP contribution in [0.4, 0.5) is 11.4 Å². The zero-order chi connectivity index (χ0) is 18.1. The number of hydrogen-bond donors (Lipinski definition) is 1. The molecule has 0 radical (unpaired) electrons. The number of rotatable bonds is 4. The zero-order valence-corrected chi connectivity index (χ0v) is 15.9. The molecule has 4 nitrogen and oxygen atoms in total. The predicted octanol–water partition coefficient (Wildman–Crippen LogP) is 3.19. The molecule has 2 aromatic carbocycles. The lowest BCUT2D eigenvalue weighted by Crippen LogP contribution is -2.35. The first-order valence-electron chi connectivity index (χ1n) is 9.31. The third-order valence-electron chi connectivity index (χ3n) is 5.44. The Bertz CT molecular complexity index is 935. The van der Waals surface area contributed by atoms with E-state index in [0.717, 1.165) is 13.1 Å². The zero-order valence-electron chi connectivity index (χ0n) is 15.9. The molecule has 0 saturated heterocycles. The number of fused-ring (bicyclic) bond motifs is 2. The molecule has 0 fully saturated rings. The highest BCUT2D eigenvalue weighted by molar-refractivity contribution is 5.79. The van der Waals surface area contributed by atoms with Crippen LogP contribution in [0.2, 0.25) is 0 Å². The Balaban J connectivity index is 1.53. The number of aryl methyl sites for hydroxylation is 2. The molecular formula is C22H27N4+. The standard InChI is InChI=1S/C22H27N4/c1-24-13-6-7-17-15-19(10-11-21(17)24)26(3)23-16-18-12-14-25(2)22-9-5-4-8-20(18)22/h4-5,8-12,14-15,23H,6-7,13,16H2,1-3H3/q+1. The molecule has 0 bridgehead atoms. The third kappa shape index (κ3) is 3.13. The van der Waals surface area contributed by atoms with Gasteiger partial charge in [-0.1, -0.05) is 12.1 Å². The molecule has 0 aliphatic carbocycles. The normalized spacial score (nSPS) is 13.7. The fourth-order valence-electron chi connectivity index (χ4n) is 3.85. The first-order valence-corrected chi connectivity index (χ1v) is 9.31. The molecule has 0 atom stereocenters. The van der Waals surface area contributed by atoms with Crippen molar-refractivity contribution in [3.8, 4) is 0 Å². The minimum absolute atomic E-state index is 0.800. The maximum atomic E-state index is 3.56. The number of aromatic nitrogens is 1. The smallest absolute Gasteiger partial charge is 0.212 e. The number of hydrazine groups is 1. The van der Waals surface area contributed by atoms with Crippen molar-refractivity contribution in [3.05, 3.63) is 65.9 Å². The second-order valence-electron chi connectivity index (χ2n) is 7.20. The molecule has 0 unspecified atom stereocenters. The highest BCUT2D eigenvalue weighted by atomic mass is 15.5. The van der Waals surface area contributed by atoms with E-state index in [1.54, 1.807) is 0 Å². The fraction of sp³-hybridized carbons (Fsp3) is 0.318. The Morgan fingerprint density at radius 2 is 2.00 bits per heavy atom. The van der Waals surface area contributed by atoms with E-state index in [9.17, 15) is 0 Å². The number of nitrogens with one attached hydrogen (secondary N) is 1. The van der Waals surface area contributed by atoms with E-state index in [4.69, 9.17) is 0 Å². The minimum atomic E-state index is 0.800. The second kappa shape index (κ2) is 6.96. The maximum Gasteiger partial charge on any atom is 0.212 e. The third-order valence-corrected chi connectivity index (χ3v) is 5.44. The molecule has 1 aliphatic rings. The van der Waals surface area contributed by atoms with Crippen LogP contribution in [0.15, 0.2) is 54.7 Å². The van der Waals surface area contributed by atoms with Crippen LogP contribution < -0.4 is 19.9 Å². The van der Waals surface area contributed by atoms with Crippen molar-refractivity contribution in [2.45, 2.75) is 19.4 Å². The molecule has 1 aliphatic heterocycles. The van der Waals surface area contributed by atoms with Gasteiger partial charge in [-0.2, -0.15) is 0 Å². The van der Waals surface area contributed by atoms with E-state index in [1.165, 1.54) is 46.2 Å². The van der Waals surface area contributed by atoms with Crippen LogP contribution in [0.5, 0.6) is 0 Å². The van der Waals surface area contributed by atoms with Crippen LogP contribution in [-0.2, 0) is 20.0 Å². The first kappa shape index (κ1) is 16.9. The monoisotopic (exact) mass is 347 g/mol. The summed E-state index contributed by atoms with van der Waals surface area (Å²) in [6.45, 7) is 1.95. The lowest BCUT2D eigenvalue weighted by atomic mass is 10.0. The number of hydrogen-bond acceptors (Lipinski definition) is 3. The van der Waals surface area contributed by atoms with E-state index in [1.807, 2.05) is 0 Å². The van der Waals surface area contributed by atoms with Gasteiger partial charge >= 0.3 is 0 Å². The van der Waals surface area contributed by atoms with Crippen LogP contribution in [0, 0.1) is 0 Å². The van der Waals surface area contributed by atoms with Crippen molar-refractivity contribution < 1.29 is 4.57 Å². The van der Waals surface area contributed by atoms with Crippen molar-refractivity contribution in [2.24, 2.45) is 7.05 Å². The minimum Gasteiger partial charge on any atom is -0.374 e. The van der Waals surface area contributed by atoms with Crippen molar-refractivity contribution in [2.75, 3.05) is 30.5 Å². The maximum absolute atomic E-state index is 3.56. The van der Waals surface area contributed by atoms with Crippen molar-refractivity contribution in [1.82, 2.24) is 5.43 Å². The number of para-hydroxylation sites is 1. The molecular weight excluding hydrogens is 320 g/mol. The van der Waals surface area contributed by atoms with E-state index < -0.39 is 0 Å². The SMILES string of the molecule is CN1CCCc2cc(N(C)NCc3cc[n+](C)c4ccccc34)ccc21. The second-order valence-corrected chi connectivity index (χ2v) is 7.20. The van der Waals surface area contributed by atoms with Gasteiger partial charge in [0.15, 0.2) is 6.20 Å². The summed E-state index contributed by atoms with van der Waals surface area (Å²) < 4.78 is 2.17. The van der Waals surface area contributed by atoms with E-state index in [2.05, 4.69) is 95.8 Å². The molecule has 0 amide bonds. The summed E-state index contributed by atoms with van der Waals surface area (Å²) >= 11 is 0. The van der Waals surface area contributed by atoms with E-state index in [0.29, 0.717) is 0 Å². The lowest BCUT2D eigenvalue weighted by Gasteiger charge is -2.29. The average molecular weight is 347 g/mol. The van der Waals surface area contributed by atoms with Gasteiger partial charge in [0.1, 0.15) is 7.05 Å². The van der Waals surface area contributed by atoms with Crippen LogP contribution in [0.3, 0.4) is 0 Å². The Kier molecular flexibility index (Phi) is 4.51. The topological polar surface area (TPSA) is 22.4 Å². The van der Waals surface area contributed by atoms with Crippen molar-refractivity contribution in [3.63, 3.8) is 0 Å². The summed E-state index contributed by atoms with van der Waals surface area (Å²) in [5.74, 6) is 0. The van der Waals surface area contributed by atoms with Crippen molar-refractivity contribution in [1.29, 1.82) is 0 Å². The van der Waals surface area contributed by atoms with Crippen molar-refractivity contribution >= 4 is 22.3 Å².